The monoisotopic (exact) mass is 442 g/mol. The Hall–Kier alpha value is -4.00. The van der Waals surface area contributed by atoms with Crippen LogP contribution in [0.5, 0.6) is 0 Å². The Morgan fingerprint density at radius 2 is 1.64 bits per heavy atom. The summed E-state index contributed by atoms with van der Waals surface area (Å²) in [5.41, 5.74) is 6.00. The van der Waals surface area contributed by atoms with Crippen LogP contribution in [0.25, 0.3) is 22.8 Å². The maximum atomic E-state index is 13.4. The van der Waals surface area contributed by atoms with E-state index in [1.54, 1.807) is 6.92 Å². The van der Waals surface area contributed by atoms with E-state index < -0.39 is 0 Å². The zero-order chi connectivity index (χ0) is 23.7. The topological polar surface area (TPSA) is 90.0 Å². The third-order valence-electron chi connectivity index (χ3n) is 5.62. The van der Waals surface area contributed by atoms with E-state index >= 15 is 0 Å². The third kappa shape index (κ3) is 4.48. The molecule has 33 heavy (non-hydrogen) atoms. The molecule has 0 unspecified atom stereocenters. The smallest absolute Gasteiger partial charge is 0.264 e. The molecule has 2 heterocycles. The lowest BCUT2D eigenvalue weighted by atomic mass is 10.1. The summed E-state index contributed by atoms with van der Waals surface area (Å²) in [5, 5.41) is 6.98. The van der Waals surface area contributed by atoms with E-state index in [0.29, 0.717) is 22.6 Å². The molecule has 0 aliphatic rings. The lowest BCUT2D eigenvalue weighted by molar-refractivity contribution is -0.116. The molecule has 0 atom stereocenters. The molecule has 2 aromatic carbocycles. The number of nitrogens with one attached hydrogen (secondary N) is 1. The van der Waals surface area contributed by atoms with Crippen molar-refractivity contribution in [3.05, 3.63) is 86.8 Å². The molecule has 0 aliphatic carbocycles. The van der Waals surface area contributed by atoms with Crippen LogP contribution in [0.3, 0.4) is 0 Å². The average molecular weight is 443 g/mol. The molecule has 0 saturated heterocycles. The number of pyridine rings is 1. The number of aromatic nitrogens is 3. The summed E-state index contributed by atoms with van der Waals surface area (Å²) in [6.07, 6.45) is 0. The fourth-order valence-corrected chi connectivity index (χ4v) is 4.11. The minimum Gasteiger partial charge on any atom is -0.333 e. The summed E-state index contributed by atoms with van der Waals surface area (Å²) in [4.78, 5) is 30.7. The van der Waals surface area contributed by atoms with Crippen molar-refractivity contribution >= 4 is 11.6 Å². The molecular formula is C26H26N4O3. The van der Waals surface area contributed by atoms with Crippen molar-refractivity contribution in [2.45, 2.75) is 41.2 Å². The summed E-state index contributed by atoms with van der Waals surface area (Å²) in [7, 11) is 0. The highest BCUT2D eigenvalue weighted by molar-refractivity contribution is 5.92. The Labute approximate surface area is 192 Å². The van der Waals surface area contributed by atoms with Gasteiger partial charge in [0.2, 0.25) is 11.7 Å². The van der Waals surface area contributed by atoms with Gasteiger partial charge in [-0.05, 0) is 57.4 Å². The van der Waals surface area contributed by atoms with E-state index in [1.807, 2.05) is 76.2 Å². The van der Waals surface area contributed by atoms with Crippen molar-refractivity contribution in [3.63, 3.8) is 0 Å². The molecule has 4 rings (SSSR count). The average Bonchev–Trinajstić information content (AvgIpc) is 3.24. The maximum absolute atomic E-state index is 13.4. The Morgan fingerprint density at radius 1 is 0.970 bits per heavy atom. The first-order valence-electron chi connectivity index (χ1n) is 10.7. The summed E-state index contributed by atoms with van der Waals surface area (Å²) in [5.74, 6) is 0.260. The molecule has 168 valence electrons. The largest absolute Gasteiger partial charge is 0.333 e. The van der Waals surface area contributed by atoms with E-state index in [1.165, 1.54) is 4.57 Å². The van der Waals surface area contributed by atoms with Gasteiger partial charge in [0.1, 0.15) is 12.1 Å². The van der Waals surface area contributed by atoms with Crippen LogP contribution in [0.4, 0.5) is 5.69 Å². The Morgan fingerprint density at radius 3 is 2.30 bits per heavy atom. The SMILES string of the molecule is Cc1cc(C)c(NC(=O)Cn2c(C)cc(C)c(-c3nc(-c4ccccc4)no3)c2=O)c(C)c1. The fourth-order valence-electron chi connectivity index (χ4n) is 4.11. The second-order valence-corrected chi connectivity index (χ2v) is 8.35. The van der Waals surface area contributed by atoms with Gasteiger partial charge in [0.15, 0.2) is 0 Å². The number of hydrogen-bond acceptors (Lipinski definition) is 5. The molecule has 0 saturated carbocycles. The lowest BCUT2D eigenvalue weighted by Crippen LogP contribution is -2.31. The number of carbonyl (C=O) groups is 1. The van der Waals surface area contributed by atoms with E-state index in [-0.39, 0.29) is 23.9 Å². The highest BCUT2D eigenvalue weighted by atomic mass is 16.5. The first-order chi connectivity index (χ1) is 15.7. The highest BCUT2D eigenvalue weighted by Gasteiger charge is 2.20. The first kappa shape index (κ1) is 22.2. The van der Waals surface area contributed by atoms with Gasteiger partial charge in [-0.15, -0.1) is 0 Å². The fraction of sp³-hybridized carbons (Fsp3) is 0.231. The van der Waals surface area contributed by atoms with Crippen molar-refractivity contribution < 1.29 is 9.32 Å². The van der Waals surface area contributed by atoms with Gasteiger partial charge in [0, 0.05) is 16.9 Å². The van der Waals surface area contributed by atoms with Gasteiger partial charge in [-0.25, -0.2) is 0 Å². The minimum atomic E-state index is -0.344. The van der Waals surface area contributed by atoms with E-state index in [0.717, 1.165) is 27.9 Å². The van der Waals surface area contributed by atoms with Crippen LogP contribution in [0, 0.1) is 34.6 Å². The van der Waals surface area contributed by atoms with E-state index in [4.69, 9.17) is 4.52 Å². The van der Waals surface area contributed by atoms with Crippen LogP contribution in [0.1, 0.15) is 27.9 Å². The van der Waals surface area contributed by atoms with Gasteiger partial charge in [-0.2, -0.15) is 4.98 Å². The molecular weight excluding hydrogens is 416 g/mol. The predicted octanol–water partition coefficient (Wildman–Crippen LogP) is 4.75. The molecule has 2 aromatic heterocycles. The molecule has 0 radical (unpaired) electrons. The molecule has 1 amide bonds. The lowest BCUT2D eigenvalue weighted by Gasteiger charge is -2.15. The number of hydrogen-bond donors (Lipinski definition) is 1. The van der Waals surface area contributed by atoms with E-state index in [9.17, 15) is 9.59 Å². The number of carbonyl (C=O) groups excluding carboxylic acids is 1. The van der Waals surface area contributed by atoms with Gasteiger partial charge in [-0.1, -0.05) is 53.2 Å². The molecule has 4 aromatic rings. The van der Waals surface area contributed by atoms with Gasteiger partial charge in [0.25, 0.3) is 11.4 Å². The van der Waals surface area contributed by atoms with Crippen molar-refractivity contribution in [1.29, 1.82) is 0 Å². The molecule has 0 aliphatic heterocycles. The van der Waals surface area contributed by atoms with Crippen molar-refractivity contribution in [2.24, 2.45) is 0 Å². The minimum absolute atomic E-state index is 0.121. The summed E-state index contributed by atoms with van der Waals surface area (Å²) < 4.78 is 6.86. The zero-order valence-electron chi connectivity index (χ0n) is 19.4. The molecule has 0 fully saturated rings. The summed E-state index contributed by atoms with van der Waals surface area (Å²) >= 11 is 0. The second-order valence-electron chi connectivity index (χ2n) is 8.35. The van der Waals surface area contributed by atoms with Crippen molar-refractivity contribution in [1.82, 2.24) is 14.7 Å². The van der Waals surface area contributed by atoms with Crippen molar-refractivity contribution in [2.75, 3.05) is 5.32 Å². The molecule has 0 spiro atoms. The van der Waals surface area contributed by atoms with Crippen LogP contribution >= 0.6 is 0 Å². The van der Waals surface area contributed by atoms with Crippen LogP contribution < -0.4 is 10.9 Å². The molecule has 1 N–H and O–H groups in total. The standard InChI is InChI=1S/C26H26N4O3/c1-15-11-17(3)23(18(4)12-15)27-21(31)14-30-19(5)13-16(2)22(26(30)32)25-28-24(29-33-25)20-9-7-6-8-10-20/h6-13H,14H2,1-5H3,(H,27,31). The van der Waals surface area contributed by atoms with Gasteiger partial charge in [0.05, 0.1) is 0 Å². The van der Waals surface area contributed by atoms with Crippen LogP contribution in [0.15, 0.2) is 57.8 Å². The summed E-state index contributed by atoms with van der Waals surface area (Å²) in [6, 6.07) is 15.3. The van der Waals surface area contributed by atoms with Crippen LogP contribution in [-0.4, -0.2) is 20.6 Å². The predicted molar refractivity (Wildman–Crippen MR) is 128 cm³/mol. The zero-order valence-corrected chi connectivity index (χ0v) is 19.4. The Kier molecular flexibility index (Phi) is 5.96. The second kappa shape index (κ2) is 8.86. The number of nitrogens with zero attached hydrogens (tertiary/aromatic N) is 3. The van der Waals surface area contributed by atoms with Crippen LogP contribution in [-0.2, 0) is 11.3 Å². The quantitative estimate of drug-likeness (QED) is 0.482. The maximum Gasteiger partial charge on any atom is 0.264 e. The normalized spacial score (nSPS) is 10.9. The number of rotatable bonds is 5. The van der Waals surface area contributed by atoms with Crippen LogP contribution in [0.2, 0.25) is 0 Å². The van der Waals surface area contributed by atoms with Gasteiger partial charge >= 0.3 is 0 Å². The highest BCUT2D eigenvalue weighted by Crippen LogP contribution is 2.24. The molecule has 0 bridgehead atoms. The number of aryl methyl sites for hydroxylation is 5. The Bertz CT molecular complexity index is 1380. The van der Waals surface area contributed by atoms with Crippen molar-refractivity contribution in [3.8, 4) is 22.8 Å². The number of amides is 1. The third-order valence-corrected chi connectivity index (χ3v) is 5.62. The summed E-state index contributed by atoms with van der Waals surface area (Å²) in [6.45, 7) is 9.43. The Balaban J connectivity index is 1.66. The number of anilines is 1. The number of benzene rings is 2. The van der Waals surface area contributed by atoms with Gasteiger partial charge in [-0.3, -0.25) is 9.59 Å². The molecule has 7 nitrogen and oxygen atoms in total. The first-order valence-corrected chi connectivity index (χ1v) is 10.7. The van der Waals surface area contributed by atoms with E-state index in [2.05, 4.69) is 15.5 Å². The van der Waals surface area contributed by atoms with Gasteiger partial charge < -0.3 is 14.4 Å². The molecule has 7 heteroatoms.